The molecule has 0 aromatic heterocycles. The van der Waals surface area contributed by atoms with Gasteiger partial charge >= 0.3 is 5.97 Å². The van der Waals surface area contributed by atoms with Gasteiger partial charge in [-0.15, -0.1) is 0 Å². The number of esters is 1. The minimum Gasteiger partial charge on any atom is -0.465 e. The van der Waals surface area contributed by atoms with E-state index < -0.39 is 0 Å². The zero-order valence-corrected chi connectivity index (χ0v) is 11.4. The van der Waals surface area contributed by atoms with Crippen molar-refractivity contribution in [1.82, 2.24) is 0 Å². The van der Waals surface area contributed by atoms with Crippen LogP contribution in [0.25, 0.3) is 0 Å². The number of aliphatic imine (C=N–C) groups is 1. The summed E-state index contributed by atoms with van der Waals surface area (Å²) in [6, 6.07) is 7.17. The predicted molar refractivity (Wildman–Crippen MR) is 77.2 cm³/mol. The fourth-order valence-corrected chi connectivity index (χ4v) is 1.53. The number of ether oxygens (including phenoxy) is 1. The summed E-state index contributed by atoms with van der Waals surface area (Å²) in [6.45, 7) is 2.51. The van der Waals surface area contributed by atoms with E-state index >= 15 is 0 Å². The molecule has 19 heavy (non-hydrogen) atoms. The molecule has 0 aliphatic heterocycles. The first-order chi connectivity index (χ1) is 9.17. The van der Waals surface area contributed by atoms with Gasteiger partial charge in [0.05, 0.1) is 25.1 Å². The first-order valence-corrected chi connectivity index (χ1v) is 6.24. The first-order valence-electron chi connectivity index (χ1n) is 6.24. The van der Waals surface area contributed by atoms with Crippen LogP contribution in [0.2, 0.25) is 0 Å². The van der Waals surface area contributed by atoms with Crippen molar-refractivity contribution >= 4 is 11.8 Å². The van der Waals surface area contributed by atoms with E-state index in [0.29, 0.717) is 17.9 Å². The van der Waals surface area contributed by atoms with Gasteiger partial charge in [0.1, 0.15) is 0 Å². The molecule has 0 unspecified atom stereocenters. The second kappa shape index (κ2) is 8.08. The summed E-state index contributed by atoms with van der Waals surface area (Å²) in [4.78, 5) is 15.6. The number of carbonyl (C=O) groups excluding carboxylic acids is 1. The van der Waals surface area contributed by atoms with E-state index in [9.17, 15) is 4.79 Å². The molecule has 102 valence electrons. The van der Waals surface area contributed by atoms with Gasteiger partial charge in [-0.1, -0.05) is 24.3 Å². The van der Waals surface area contributed by atoms with Crippen molar-refractivity contribution in [3.05, 3.63) is 47.5 Å². The molecule has 0 spiro atoms. The van der Waals surface area contributed by atoms with Crippen molar-refractivity contribution in [2.75, 3.05) is 7.11 Å². The van der Waals surface area contributed by atoms with Crippen LogP contribution in [0.15, 0.2) is 41.4 Å². The second-order valence-corrected chi connectivity index (χ2v) is 4.10. The quantitative estimate of drug-likeness (QED) is 0.370. The Labute approximate surface area is 114 Å². The van der Waals surface area contributed by atoms with Gasteiger partial charge in [0.2, 0.25) is 0 Å². The molecule has 1 rings (SSSR count). The number of hydrogen-bond acceptors (Lipinski definition) is 3. The molecular weight excluding hydrogens is 240 g/mol. The Kier molecular flexibility index (Phi) is 6.36. The largest absolute Gasteiger partial charge is 0.465 e. The Bertz CT molecular complexity index is 462. The Morgan fingerprint density at radius 2 is 2.05 bits per heavy atom. The number of benzene rings is 1. The summed E-state index contributed by atoms with van der Waals surface area (Å²) >= 11 is 0. The highest BCUT2D eigenvalue weighted by molar-refractivity contribution is 5.89. The number of nitrogens with zero attached hydrogens (tertiary/aromatic N) is 1. The molecule has 0 saturated heterocycles. The average Bonchev–Trinajstić information content (AvgIpc) is 2.45. The first kappa shape index (κ1) is 15.0. The van der Waals surface area contributed by atoms with E-state index in [1.54, 1.807) is 12.1 Å². The van der Waals surface area contributed by atoms with E-state index in [-0.39, 0.29) is 5.97 Å². The zero-order chi connectivity index (χ0) is 14.1. The van der Waals surface area contributed by atoms with Gasteiger partial charge in [0.15, 0.2) is 0 Å². The molecule has 0 atom stereocenters. The summed E-state index contributed by atoms with van der Waals surface area (Å²) in [5.41, 5.74) is 7.36. The highest BCUT2D eigenvalue weighted by Crippen LogP contribution is 2.07. The maximum Gasteiger partial charge on any atom is 0.337 e. The Hall–Kier alpha value is -2.10. The highest BCUT2D eigenvalue weighted by Gasteiger charge is 2.03. The van der Waals surface area contributed by atoms with Crippen LogP contribution in [0.3, 0.4) is 0 Å². The van der Waals surface area contributed by atoms with Crippen molar-refractivity contribution in [2.45, 2.75) is 26.3 Å². The Balaban J connectivity index is 2.53. The lowest BCUT2D eigenvalue weighted by atomic mass is 10.1. The molecule has 0 saturated carbocycles. The van der Waals surface area contributed by atoms with Gasteiger partial charge in [-0.2, -0.15) is 0 Å². The van der Waals surface area contributed by atoms with E-state index in [1.165, 1.54) is 7.11 Å². The predicted octanol–water partition coefficient (Wildman–Crippen LogP) is 2.69. The molecule has 0 radical (unpaired) electrons. The molecule has 4 heteroatoms. The van der Waals surface area contributed by atoms with Crippen LogP contribution in [0.1, 0.15) is 35.7 Å². The summed E-state index contributed by atoms with van der Waals surface area (Å²) in [5.74, 6) is 0.316. The molecule has 0 bridgehead atoms. The van der Waals surface area contributed by atoms with Gasteiger partial charge in [-0.3, -0.25) is 4.99 Å². The van der Waals surface area contributed by atoms with Gasteiger partial charge < -0.3 is 10.5 Å². The number of amidine groups is 1. The minimum atomic E-state index is -0.332. The third-order valence-electron chi connectivity index (χ3n) is 2.64. The maximum absolute atomic E-state index is 11.3. The van der Waals surface area contributed by atoms with Crippen LogP contribution in [0.5, 0.6) is 0 Å². The molecule has 1 aromatic carbocycles. The summed E-state index contributed by atoms with van der Waals surface area (Å²) in [7, 11) is 1.37. The Morgan fingerprint density at radius 1 is 1.37 bits per heavy atom. The number of methoxy groups -OCH3 is 1. The van der Waals surface area contributed by atoms with E-state index in [2.05, 4.69) is 15.8 Å². The van der Waals surface area contributed by atoms with Gasteiger partial charge in [-0.05, 0) is 31.0 Å². The summed E-state index contributed by atoms with van der Waals surface area (Å²) in [5, 5.41) is 0. The van der Waals surface area contributed by atoms with Crippen LogP contribution < -0.4 is 5.73 Å². The molecule has 0 aliphatic carbocycles. The fourth-order valence-electron chi connectivity index (χ4n) is 1.53. The van der Waals surface area contributed by atoms with Crippen molar-refractivity contribution in [2.24, 2.45) is 10.7 Å². The Morgan fingerprint density at radius 3 is 2.63 bits per heavy atom. The highest BCUT2D eigenvalue weighted by atomic mass is 16.5. The monoisotopic (exact) mass is 260 g/mol. The second-order valence-electron chi connectivity index (χ2n) is 4.10. The molecule has 0 aliphatic rings. The molecule has 2 N–H and O–H groups in total. The molecule has 0 amide bonds. The number of allylic oxidation sites excluding steroid dienone is 2. The van der Waals surface area contributed by atoms with E-state index in [0.717, 1.165) is 18.4 Å². The smallest absolute Gasteiger partial charge is 0.337 e. The normalized spacial score (nSPS) is 11.8. The zero-order valence-electron chi connectivity index (χ0n) is 11.4. The number of rotatable bonds is 6. The van der Waals surface area contributed by atoms with E-state index in [4.69, 9.17) is 5.73 Å². The van der Waals surface area contributed by atoms with E-state index in [1.807, 2.05) is 25.1 Å². The lowest BCUT2D eigenvalue weighted by molar-refractivity contribution is 0.0600. The third-order valence-corrected chi connectivity index (χ3v) is 2.64. The molecule has 0 heterocycles. The third kappa shape index (κ3) is 5.38. The summed E-state index contributed by atoms with van der Waals surface area (Å²) in [6.07, 6.45) is 5.74. The van der Waals surface area contributed by atoms with Crippen LogP contribution in [0.4, 0.5) is 0 Å². The van der Waals surface area contributed by atoms with Crippen molar-refractivity contribution in [3.8, 4) is 0 Å². The standard InChI is InChI=1S/C15H20N2O2/c1-3-4-5-6-14(16)17-11-12-7-9-13(10-8-12)15(18)19-2/h3-4,7-10H,5-6,11H2,1-2H3,(H2,16,17)/b4-3-. The number of carbonyl (C=O) groups is 1. The number of hydrogen-bond donors (Lipinski definition) is 1. The fraction of sp³-hybridized carbons (Fsp3) is 0.333. The van der Waals surface area contributed by atoms with Crippen molar-refractivity contribution in [1.29, 1.82) is 0 Å². The minimum absolute atomic E-state index is 0.332. The SMILES string of the molecule is C/C=C\CCC(N)=NCc1ccc(C(=O)OC)cc1. The van der Waals surface area contributed by atoms with Crippen LogP contribution in [0, 0.1) is 0 Å². The molecular formula is C15H20N2O2. The average molecular weight is 260 g/mol. The topological polar surface area (TPSA) is 64.7 Å². The number of nitrogens with two attached hydrogens (primary N) is 1. The van der Waals surface area contributed by atoms with Gasteiger partial charge in [-0.25, -0.2) is 4.79 Å². The van der Waals surface area contributed by atoms with Crippen LogP contribution in [-0.2, 0) is 11.3 Å². The maximum atomic E-state index is 11.3. The van der Waals surface area contributed by atoms with Crippen LogP contribution >= 0.6 is 0 Å². The lowest BCUT2D eigenvalue weighted by Crippen LogP contribution is -2.11. The molecule has 0 fully saturated rings. The lowest BCUT2D eigenvalue weighted by Gasteiger charge is -2.02. The van der Waals surface area contributed by atoms with Crippen LogP contribution in [-0.4, -0.2) is 18.9 Å². The van der Waals surface area contributed by atoms with Gasteiger partial charge in [0.25, 0.3) is 0 Å². The van der Waals surface area contributed by atoms with Gasteiger partial charge in [0, 0.05) is 6.42 Å². The molecule has 1 aromatic rings. The van der Waals surface area contributed by atoms with Crippen molar-refractivity contribution < 1.29 is 9.53 Å². The molecule has 4 nitrogen and oxygen atoms in total. The summed E-state index contributed by atoms with van der Waals surface area (Å²) < 4.78 is 4.64. The van der Waals surface area contributed by atoms with Crippen molar-refractivity contribution in [3.63, 3.8) is 0 Å².